The molecule has 0 aromatic heterocycles. The zero-order valence-corrected chi connectivity index (χ0v) is 17.6. The smallest absolute Gasteiger partial charge is 0.305 e. The lowest BCUT2D eigenvalue weighted by Crippen LogP contribution is -2.43. The highest BCUT2D eigenvalue weighted by Crippen LogP contribution is 2.38. The second-order valence-electron chi connectivity index (χ2n) is 8.01. The van der Waals surface area contributed by atoms with Gasteiger partial charge in [-0.05, 0) is 35.8 Å². The van der Waals surface area contributed by atoms with Crippen molar-refractivity contribution in [3.8, 4) is 0 Å². The quantitative estimate of drug-likeness (QED) is 0.598. The summed E-state index contributed by atoms with van der Waals surface area (Å²) in [6.07, 6.45) is 1.33. The maximum Gasteiger partial charge on any atom is 0.305 e. The van der Waals surface area contributed by atoms with E-state index in [-0.39, 0.29) is 23.7 Å². The average Bonchev–Trinajstić information content (AvgIpc) is 2.78. The van der Waals surface area contributed by atoms with Gasteiger partial charge in [-0.1, -0.05) is 60.7 Å². The van der Waals surface area contributed by atoms with E-state index >= 15 is 0 Å². The van der Waals surface area contributed by atoms with Gasteiger partial charge in [0, 0.05) is 12.3 Å². The van der Waals surface area contributed by atoms with Crippen LogP contribution in [0.4, 0.5) is 0 Å². The van der Waals surface area contributed by atoms with Crippen LogP contribution in [0, 0.1) is 17.8 Å². The topological polar surface area (TPSA) is 65.0 Å². The van der Waals surface area contributed by atoms with Crippen molar-refractivity contribution < 1.29 is 24.1 Å². The molecule has 5 heteroatoms. The van der Waals surface area contributed by atoms with E-state index in [4.69, 9.17) is 14.2 Å². The first-order valence-electron chi connectivity index (χ1n) is 10.7. The summed E-state index contributed by atoms with van der Waals surface area (Å²) >= 11 is 0. The highest BCUT2D eigenvalue weighted by Gasteiger charge is 2.40. The van der Waals surface area contributed by atoms with Crippen LogP contribution < -0.4 is 0 Å². The molecule has 1 N–H and O–H groups in total. The normalized spacial score (nSPS) is 23.8. The number of benzene rings is 2. The third-order valence-electron chi connectivity index (χ3n) is 5.98. The van der Waals surface area contributed by atoms with Gasteiger partial charge < -0.3 is 19.3 Å². The number of rotatable bonds is 10. The fourth-order valence-electron chi connectivity index (χ4n) is 4.27. The minimum atomic E-state index is -0.458. The van der Waals surface area contributed by atoms with Gasteiger partial charge in [0.15, 0.2) is 0 Å². The zero-order chi connectivity index (χ0) is 21.2. The lowest BCUT2D eigenvalue weighted by atomic mass is 9.70. The lowest BCUT2D eigenvalue weighted by molar-refractivity contribution is -0.145. The SMILES string of the molecule is COC(=O)C[C@H]1CC[C@@H](O)[C@@H](COCc2ccccc2)[C@H]1COCc1ccccc1. The van der Waals surface area contributed by atoms with Gasteiger partial charge in [-0.3, -0.25) is 4.79 Å². The van der Waals surface area contributed by atoms with Gasteiger partial charge in [-0.2, -0.15) is 0 Å². The first kappa shape index (κ1) is 22.5. The van der Waals surface area contributed by atoms with Crippen molar-refractivity contribution in [2.45, 2.75) is 38.6 Å². The van der Waals surface area contributed by atoms with Gasteiger partial charge in [0.1, 0.15) is 0 Å². The molecule has 162 valence electrons. The highest BCUT2D eigenvalue weighted by atomic mass is 16.5. The second kappa shape index (κ2) is 11.8. The maximum atomic E-state index is 12.0. The van der Waals surface area contributed by atoms with E-state index in [1.165, 1.54) is 7.11 Å². The Labute approximate surface area is 179 Å². The number of carbonyl (C=O) groups is 1. The van der Waals surface area contributed by atoms with Crippen LogP contribution in [0.3, 0.4) is 0 Å². The minimum absolute atomic E-state index is 0.0346. The van der Waals surface area contributed by atoms with E-state index in [0.29, 0.717) is 39.3 Å². The van der Waals surface area contributed by atoms with Crippen LogP contribution in [0.1, 0.15) is 30.4 Å². The van der Waals surface area contributed by atoms with E-state index in [2.05, 4.69) is 0 Å². The van der Waals surface area contributed by atoms with Crippen LogP contribution in [0.2, 0.25) is 0 Å². The van der Waals surface area contributed by atoms with Crippen LogP contribution in [0.15, 0.2) is 60.7 Å². The second-order valence-corrected chi connectivity index (χ2v) is 8.01. The Bertz CT molecular complexity index is 749. The molecule has 1 saturated carbocycles. The molecule has 0 unspecified atom stereocenters. The Morgan fingerprint density at radius 1 is 0.867 bits per heavy atom. The monoisotopic (exact) mass is 412 g/mol. The van der Waals surface area contributed by atoms with Crippen LogP contribution in [-0.2, 0) is 32.2 Å². The minimum Gasteiger partial charge on any atom is -0.469 e. The van der Waals surface area contributed by atoms with E-state index in [1.807, 2.05) is 60.7 Å². The van der Waals surface area contributed by atoms with Crippen molar-refractivity contribution in [3.05, 3.63) is 71.8 Å². The molecule has 0 radical (unpaired) electrons. The standard InChI is InChI=1S/C25H32O5/c1-28-25(27)14-21-12-13-24(26)23(18-30-16-20-10-6-3-7-11-20)22(21)17-29-15-19-8-4-2-5-9-19/h2-11,21-24,26H,12-18H2,1H3/t21-,22+,23+,24-/m1/s1. The number of esters is 1. The molecule has 1 aliphatic rings. The summed E-state index contributed by atoms with van der Waals surface area (Å²) < 4.78 is 16.9. The van der Waals surface area contributed by atoms with Crippen LogP contribution in [0.5, 0.6) is 0 Å². The first-order valence-corrected chi connectivity index (χ1v) is 10.7. The average molecular weight is 413 g/mol. The van der Waals surface area contributed by atoms with Crippen LogP contribution in [0.25, 0.3) is 0 Å². The van der Waals surface area contributed by atoms with Crippen molar-refractivity contribution >= 4 is 5.97 Å². The lowest BCUT2D eigenvalue weighted by Gasteiger charge is -2.40. The molecule has 0 saturated heterocycles. The van der Waals surface area contributed by atoms with Gasteiger partial charge in [-0.15, -0.1) is 0 Å². The number of hydrogen-bond acceptors (Lipinski definition) is 5. The van der Waals surface area contributed by atoms with Gasteiger partial charge in [0.25, 0.3) is 0 Å². The Morgan fingerprint density at radius 2 is 1.40 bits per heavy atom. The molecular weight excluding hydrogens is 380 g/mol. The number of carbonyl (C=O) groups excluding carboxylic acids is 1. The number of aliphatic hydroxyl groups is 1. The Morgan fingerprint density at radius 3 is 1.93 bits per heavy atom. The molecule has 2 aromatic carbocycles. The Kier molecular flexibility index (Phi) is 8.87. The van der Waals surface area contributed by atoms with Gasteiger partial charge >= 0.3 is 5.97 Å². The fourth-order valence-corrected chi connectivity index (χ4v) is 4.27. The molecule has 0 aliphatic heterocycles. The van der Waals surface area contributed by atoms with E-state index < -0.39 is 6.10 Å². The van der Waals surface area contributed by atoms with Gasteiger partial charge in [0.05, 0.1) is 39.6 Å². The molecular formula is C25H32O5. The molecule has 5 nitrogen and oxygen atoms in total. The van der Waals surface area contributed by atoms with Crippen LogP contribution in [-0.4, -0.2) is 37.5 Å². The molecule has 4 atom stereocenters. The van der Waals surface area contributed by atoms with Gasteiger partial charge in [-0.25, -0.2) is 0 Å². The molecule has 1 fully saturated rings. The number of aliphatic hydroxyl groups excluding tert-OH is 1. The third kappa shape index (κ3) is 6.66. The Hall–Kier alpha value is -2.21. The predicted octanol–water partition coefficient (Wildman–Crippen LogP) is 3.99. The van der Waals surface area contributed by atoms with Crippen LogP contribution >= 0.6 is 0 Å². The predicted molar refractivity (Wildman–Crippen MR) is 115 cm³/mol. The summed E-state index contributed by atoms with van der Waals surface area (Å²) in [6, 6.07) is 20.0. The molecule has 0 heterocycles. The maximum absolute atomic E-state index is 12.0. The summed E-state index contributed by atoms with van der Waals surface area (Å²) in [5, 5.41) is 10.7. The molecule has 0 spiro atoms. The van der Waals surface area contributed by atoms with Crippen molar-refractivity contribution in [1.29, 1.82) is 0 Å². The Balaban J connectivity index is 1.62. The van der Waals surface area contributed by atoms with Crippen molar-refractivity contribution in [1.82, 2.24) is 0 Å². The largest absolute Gasteiger partial charge is 0.469 e. The number of methoxy groups -OCH3 is 1. The summed E-state index contributed by atoms with van der Waals surface area (Å²) in [5.41, 5.74) is 2.21. The molecule has 0 amide bonds. The van der Waals surface area contributed by atoms with Crippen molar-refractivity contribution in [2.75, 3.05) is 20.3 Å². The van der Waals surface area contributed by atoms with E-state index in [9.17, 15) is 9.90 Å². The summed E-state index contributed by atoms with van der Waals surface area (Å²) in [4.78, 5) is 12.0. The number of hydrogen-bond donors (Lipinski definition) is 1. The first-order chi connectivity index (χ1) is 14.7. The molecule has 30 heavy (non-hydrogen) atoms. The van der Waals surface area contributed by atoms with E-state index in [1.54, 1.807) is 0 Å². The molecule has 1 aliphatic carbocycles. The summed E-state index contributed by atoms with van der Waals surface area (Å²) in [7, 11) is 1.42. The summed E-state index contributed by atoms with van der Waals surface area (Å²) in [5.74, 6) is -0.143. The third-order valence-corrected chi connectivity index (χ3v) is 5.98. The summed E-state index contributed by atoms with van der Waals surface area (Å²) in [6.45, 7) is 1.93. The van der Waals surface area contributed by atoms with Crippen molar-refractivity contribution in [2.24, 2.45) is 17.8 Å². The van der Waals surface area contributed by atoms with Crippen molar-refractivity contribution in [3.63, 3.8) is 0 Å². The van der Waals surface area contributed by atoms with E-state index in [0.717, 1.165) is 17.5 Å². The molecule has 2 aromatic rings. The fraction of sp³-hybridized carbons (Fsp3) is 0.480. The van der Waals surface area contributed by atoms with Gasteiger partial charge in [0.2, 0.25) is 0 Å². The number of ether oxygens (including phenoxy) is 3. The molecule has 0 bridgehead atoms. The highest BCUT2D eigenvalue weighted by molar-refractivity contribution is 5.69. The molecule has 3 rings (SSSR count). The zero-order valence-electron chi connectivity index (χ0n) is 17.6.